The Morgan fingerprint density at radius 2 is 2.08 bits per heavy atom. The second kappa shape index (κ2) is 6.99. The van der Waals surface area contributed by atoms with Crippen LogP contribution in [0.2, 0.25) is 0 Å². The number of nitrogens with zero attached hydrogens (tertiary/aromatic N) is 1. The third-order valence-corrected chi connectivity index (χ3v) is 4.60. The Morgan fingerprint density at radius 1 is 1.29 bits per heavy atom. The van der Waals surface area contributed by atoms with Gasteiger partial charge in [-0.25, -0.2) is 4.79 Å². The lowest BCUT2D eigenvalue weighted by Crippen LogP contribution is -2.44. The van der Waals surface area contributed by atoms with E-state index < -0.39 is 0 Å². The van der Waals surface area contributed by atoms with Gasteiger partial charge in [-0.05, 0) is 44.9 Å². The number of aryl methyl sites for hydroxylation is 2. The van der Waals surface area contributed by atoms with Crippen LogP contribution in [-0.4, -0.2) is 25.2 Å². The van der Waals surface area contributed by atoms with E-state index in [9.17, 15) is 4.79 Å². The van der Waals surface area contributed by atoms with Crippen LogP contribution in [0.5, 0.6) is 0 Å². The van der Waals surface area contributed by atoms with Crippen LogP contribution in [0.3, 0.4) is 0 Å². The van der Waals surface area contributed by atoms with E-state index in [2.05, 4.69) is 46.7 Å². The lowest BCUT2D eigenvalue weighted by molar-refractivity contribution is 0.240. The van der Waals surface area contributed by atoms with Crippen LogP contribution in [-0.2, 0) is 13.0 Å². The van der Waals surface area contributed by atoms with Crippen molar-refractivity contribution in [3.8, 4) is 0 Å². The summed E-state index contributed by atoms with van der Waals surface area (Å²) in [7, 11) is 0. The van der Waals surface area contributed by atoms with E-state index >= 15 is 0 Å². The van der Waals surface area contributed by atoms with Crippen LogP contribution >= 0.6 is 0 Å². The number of anilines is 1. The molecule has 2 amide bonds. The van der Waals surface area contributed by atoms with Gasteiger partial charge in [0.2, 0.25) is 0 Å². The largest absolute Gasteiger partial charge is 0.466 e. The fourth-order valence-electron chi connectivity index (χ4n) is 3.27. The van der Waals surface area contributed by atoms with Crippen molar-refractivity contribution in [1.82, 2.24) is 10.6 Å². The normalized spacial score (nSPS) is 14.4. The smallest absolute Gasteiger partial charge is 0.315 e. The van der Waals surface area contributed by atoms with Gasteiger partial charge in [-0.15, -0.1) is 0 Å². The topological polar surface area (TPSA) is 57.5 Å². The molecule has 0 fully saturated rings. The number of para-hydroxylation sites is 1. The zero-order valence-electron chi connectivity index (χ0n) is 14.6. The Hall–Kier alpha value is -2.43. The fourth-order valence-corrected chi connectivity index (χ4v) is 3.27. The van der Waals surface area contributed by atoms with Crippen molar-refractivity contribution in [3.05, 3.63) is 53.0 Å². The molecule has 0 saturated heterocycles. The minimum absolute atomic E-state index is 0.146. The minimum Gasteiger partial charge on any atom is -0.466 e. The van der Waals surface area contributed by atoms with Crippen LogP contribution in [0.4, 0.5) is 10.5 Å². The maximum Gasteiger partial charge on any atom is 0.315 e. The minimum atomic E-state index is -0.146. The molecule has 1 aromatic heterocycles. The van der Waals surface area contributed by atoms with Gasteiger partial charge in [-0.2, -0.15) is 0 Å². The van der Waals surface area contributed by atoms with Crippen molar-refractivity contribution in [3.63, 3.8) is 0 Å². The lowest BCUT2D eigenvalue weighted by Gasteiger charge is -2.27. The van der Waals surface area contributed by atoms with Crippen molar-refractivity contribution in [2.24, 2.45) is 0 Å². The summed E-state index contributed by atoms with van der Waals surface area (Å²) in [6.07, 6.45) is 1.08. The number of hydrogen-bond acceptors (Lipinski definition) is 3. The van der Waals surface area contributed by atoms with Gasteiger partial charge in [0.25, 0.3) is 0 Å². The average Bonchev–Trinajstić information content (AvgIpc) is 3.13. The summed E-state index contributed by atoms with van der Waals surface area (Å²) in [6.45, 7) is 8.07. The van der Waals surface area contributed by atoms with Gasteiger partial charge in [0.15, 0.2) is 0 Å². The number of fused-ring (bicyclic) bond motifs is 1. The molecule has 24 heavy (non-hydrogen) atoms. The molecule has 1 atom stereocenters. The quantitative estimate of drug-likeness (QED) is 0.887. The number of rotatable bonds is 5. The standard InChI is InChI=1S/C19H25N3O2/c1-13(22-9-8-16-6-4-5-7-18(16)22)11-20-19(23)21-12-17-10-14(2)24-15(17)3/h4-7,10,13H,8-9,11-12H2,1-3H3,(H2,20,21,23). The van der Waals surface area contributed by atoms with Crippen LogP contribution < -0.4 is 15.5 Å². The molecule has 1 aliphatic heterocycles. The number of carbonyl (C=O) groups is 1. The average molecular weight is 327 g/mol. The van der Waals surface area contributed by atoms with Crippen molar-refractivity contribution in [2.75, 3.05) is 18.0 Å². The number of hydrogen-bond donors (Lipinski definition) is 2. The number of benzene rings is 1. The molecular weight excluding hydrogens is 302 g/mol. The molecule has 0 saturated carbocycles. The predicted octanol–water partition coefficient (Wildman–Crippen LogP) is 3.15. The molecule has 2 aromatic rings. The number of nitrogens with one attached hydrogen (secondary N) is 2. The number of urea groups is 1. The monoisotopic (exact) mass is 327 g/mol. The van der Waals surface area contributed by atoms with Crippen LogP contribution in [0.25, 0.3) is 0 Å². The lowest BCUT2D eigenvalue weighted by atomic mass is 10.2. The van der Waals surface area contributed by atoms with Gasteiger partial charge in [-0.3, -0.25) is 0 Å². The number of furan rings is 1. The Morgan fingerprint density at radius 3 is 2.83 bits per heavy atom. The highest BCUT2D eigenvalue weighted by Gasteiger charge is 2.23. The summed E-state index contributed by atoms with van der Waals surface area (Å²) in [4.78, 5) is 14.4. The van der Waals surface area contributed by atoms with Crippen molar-refractivity contribution in [1.29, 1.82) is 0 Å². The maximum absolute atomic E-state index is 12.0. The maximum atomic E-state index is 12.0. The highest BCUT2D eigenvalue weighted by molar-refractivity contribution is 5.74. The molecule has 0 aliphatic carbocycles. The van der Waals surface area contributed by atoms with E-state index in [4.69, 9.17) is 4.42 Å². The number of amides is 2. The fraction of sp³-hybridized carbons (Fsp3) is 0.421. The molecule has 1 aromatic carbocycles. The molecule has 5 nitrogen and oxygen atoms in total. The Balaban J connectivity index is 1.47. The zero-order valence-corrected chi connectivity index (χ0v) is 14.6. The van der Waals surface area contributed by atoms with E-state index in [1.54, 1.807) is 0 Å². The molecule has 1 unspecified atom stereocenters. The highest BCUT2D eigenvalue weighted by Crippen LogP contribution is 2.28. The van der Waals surface area contributed by atoms with Crippen LogP contribution in [0, 0.1) is 13.8 Å². The van der Waals surface area contributed by atoms with Gasteiger partial charge < -0.3 is 20.0 Å². The summed E-state index contributed by atoms with van der Waals surface area (Å²) in [5.74, 6) is 1.72. The van der Waals surface area contributed by atoms with Crippen molar-refractivity contribution < 1.29 is 9.21 Å². The molecule has 2 N–H and O–H groups in total. The van der Waals surface area contributed by atoms with Gasteiger partial charge in [0.05, 0.1) is 0 Å². The molecule has 0 spiro atoms. The Kier molecular flexibility index (Phi) is 4.79. The molecule has 128 valence electrons. The summed E-state index contributed by atoms with van der Waals surface area (Å²) in [5.41, 5.74) is 3.69. The van der Waals surface area contributed by atoms with Gasteiger partial charge in [0, 0.05) is 36.9 Å². The first-order valence-electron chi connectivity index (χ1n) is 8.46. The first-order valence-corrected chi connectivity index (χ1v) is 8.46. The summed E-state index contributed by atoms with van der Waals surface area (Å²) >= 11 is 0. The van der Waals surface area contributed by atoms with Gasteiger partial charge >= 0.3 is 6.03 Å². The molecular formula is C19H25N3O2. The summed E-state index contributed by atoms with van der Waals surface area (Å²) < 4.78 is 5.47. The molecule has 1 aliphatic rings. The second-order valence-corrected chi connectivity index (χ2v) is 6.42. The van der Waals surface area contributed by atoms with E-state index in [1.807, 2.05) is 19.9 Å². The summed E-state index contributed by atoms with van der Waals surface area (Å²) in [5, 5.41) is 5.85. The molecule has 0 bridgehead atoms. The van der Waals surface area contributed by atoms with E-state index in [-0.39, 0.29) is 12.1 Å². The third kappa shape index (κ3) is 3.55. The van der Waals surface area contributed by atoms with E-state index in [0.29, 0.717) is 13.1 Å². The van der Waals surface area contributed by atoms with E-state index in [1.165, 1.54) is 11.3 Å². The Labute approximate surface area is 143 Å². The summed E-state index contributed by atoms with van der Waals surface area (Å²) in [6, 6.07) is 10.6. The van der Waals surface area contributed by atoms with Gasteiger partial charge in [0.1, 0.15) is 11.5 Å². The van der Waals surface area contributed by atoms with Crippen LogP contribution in [0.1, 0.15) is 29.6 Å². The molecule has 0 radical (unpaired) electrons. The highest BCUT2D eigenvalue weighted by atomic mass is 16.3. The molecule has 5 heteroatoms. The molecule has 2 heterocycles. The number of carbonyl (C=O) groups excluding carboxylic acids is 1. The zero-order chi connectivity index (χ0) is 17.1. The first-order chi connectivity index (χ1) is 11.5. The van der Waals surface area contributed by atoms with Crippen LogP contribution in [0.15, 0.2) is 34.7 Å². The van der Waals surface area contributed by atoms with Gasteiger partial charge in [-0.1, -0.05) is 18.2 Å². The second-order valence-electron chi connectivity index (χ2n) is 6.42. The molecule has 3 rings (SSSR count). The Bertz CT molecular complexity index is 723. The SMILES string of the molecule is Cc1cc(CNC(=O)NCC(C)N2CCc3ccccc32)c(C)o1. The van der Waals surface area contributed by atoms with Crippen molar-refractivity contribution in [2.45, 2.75) is 39.8 Å². The van der Waals surface area contributed by atoms with Crippen molar-refractivity contribution >= 4 is 11.7 Å². The van der Waals surface area contributed by atoms with E-state index in [0.717, 1.165) is 30.0 Å². The first kappa shape index (κ1) is 16.4. The predicted molar refractivity (Wildman–Crippen MR) is 95.4 cm³/mol. The third-order valence-electron chi connectivity index (χ3n) is 4.60.